The summed E-state index contributed by atoms with van der Waals surface area (Å²) in [6.07, 6.45) is 0.432. The second-order valence-corrected chi connectivity index (χ2v) is 4.02. The van der Waals surface area contributed by atoms with Gasteiger partial charge in [-0.25, -0.2) is 4.39 Å². The van der Waals surface area contributed by atoms with Gasteiger partial charge in [0.1, 0.15) is 5.82 Å². The van der Waals surface area contributed by atoms with E-state index in [-0.39, 0.29) is 0 Å². The Morgan fingerprint density at radius 2 is 2.31 bits per heavy atom. The Hall–Kier alpha value is -1.29. The molecule has 0 aliphatic heterocycles. The molecule has 0 fully saturated rings. The standard InChI is InChI=1S/C11H13ClFNO2/c1-7(11(15)16)4-5-14-10-6-8(12)2-3-9(10)13/h2-3,6-7,14H,4-5H2,1H3,(H,15,16). The first kappa shape index (κ1) is 12.8. The van der Waals surface area contributed by atoms with Gasteiger partial charge >= 0.3 is 5.97 Å². The monoisotopic (exact) mass is 245 g/mol. The van der Waals surface area contributed by atoms with Crippen molar-refractivity contribution in [3.63, 3.8) is 0 Å². The Labute approximate surface area is 98.2 Å². The van der Waals surface area contributed by atoms with Crippen molar-refractivity contribution in [2.45, 2.75) is 13.3 Å². The molecular formula is C11H13ClFNO2. The molecule has 0 amide bonds. The average Bonchev–Trinajstić information content (AvgIpc) is 2.22. The average molecular weight is 246 g/mol. The zero-order chi connectivity index (χ0) is 12.1. The Morgan fingerprint density at radius 1 is 1.62 bits per heavy atom. The molecule has 0 spiro atoms. The maximum absolute atomic E-state index is 13.2. The minimum Gasteiger partial charge on any atom is -0.481 e. The van der Waals surface area contributed by atoms with Gasteiger partial charge in [-0.3, -0.25) is 4.79 Å². The van der Waals surface area contributed by atoms with Crippen LogP contribution in [0.2, 0.25) is 5.02 Å². The van der Waals surface area contributed by atoms with E-state index in [0.29, 0.717) is 23.7 Å². The molecule has 1 aromatic rings. The highest BCUT2D eigenvalue weighted by Gasteiger charge is 2.10. The largest absolute Gasteiger partial charge is 0.481 e. The molecule has 0 heterocycles. The summed E-state index contributed by atoms with van der Waals surface area (Å²) >= 11 is 5.71. The summed E-state index contributed by atoms with van der Waals surface area (Å²) in [5.74, 6) is -1.70. The molecule has 1 unspecified atom stereocenters. The van der Waals surface area contributed by atoms with Gasteiger partial charge in [-0.05, 0) is 24.6 Å². The summed E-state index contributed by atoms with van der Waals surface area (Å²) in [4.78, 5) is 10.5. The maximum Gasteiger partial charge on any atom is 0.306 e. The van der Waals surface area contributed by atoms with Gasteiger partial charge in [0.15, 0.2) is 0 Å². The summed E-state index contributed by atoms with van der Waals surface area (Å²) in [5.41, 5.74) is 0.296. The summed E-state index contributed by atoms with van der Waals surface area (Å²) in [6, 6.07) is 4.20. The number of aliphatic carboxylic acids is 1. The Morgan fingerprint density at radius 3 is 2.94 bits per heavy atom. The maximum atomic E-state index is 13.2. The minimum absolute atomic E-state index is 0.296. The normalized spacial score (nSPS) is 12.2. The predicted molar refractivity (Wildman–Crippen MR) is 61.3 cm³/mol. The van der Waals surface area contributed by atoms with Crippen LogP contribution in [-0.4, -0.2) is 17.6 Å². The van der Waals surface area contributed by atoms with E-state index < -0.39 is 17.7 Å². The Balaban J connectivity index is 2.48. The number of halogens is 2. The van der Waals surface area contributed by atoms with Crippen molar-refractivity contribution >= 4 is 23.3 Å². The van der Waals surface area contributed by atoms with Gasteiger partial charge in [0.25, 0.3) is 0 Å². The highest BCUT2D eigenvalue weighted by molar-refractivity contribution is 6.30. The fraction of sp³-hybridized carbons (Fsp3) is 0.364. The highest BCUT2D eigenvalue weighted by Crippen LogP contribution is 2.19. The lowest BCUT2D eigenvalue weighted by molar-refractivity contribution is -0.141. The third kappa shape index (κ3) is 3.70. The number of carbonyl (C=O) groups is 1. The van der Waals surface area contributed by atoms with Gasteiger partial charge in [0.2, 0.25) is 0 Å². The Kier molecular flexibility index (Phi) is 4.55. The van der Waals surface area contributed by atoms with Crippen LogP contribution in [0.15, 0.2) is 18.2 Å². The van der Waals surface area contributed by atoms with Crippen LogP contribution in [0.4, 0.5) is 10.1 Å². The Bertz CT molecular complexity index is 384. The molecule has 0 aliphatic rings. The van der Waals surface area contributed by atoms with E-state index in [9.17, 15) is 9.18 Å². The van der Waals surface area contributed by atoms with E-state index in [4.69, 9.17) is 16.7 Å². The number of hydrogen-bond donors (Lipinski definition) is 2. The number of carboxylic acids is 1. The molecule has 0 saturated carbocycles. The molecule has 0 bridgehead atoms. The number of hydrogen-bond acceptors (Lipinski definition) is 2. The van der Waals surface area contributed by atoms with Crippen LogP contribution in [0.5, 0.6) is 0 Å². The van der Waals surface area contributed by atoms with Crippen molar-refractivity contribution < 1.29 is 14.3 Å². The minimum atomic E-state index is -0.853. The van der Waals surface area contributed by atoms with Crippen LogP contribution < -0.4 is 5.32 Å². The first-order chi connectivity index (χ1) is 7.50. The van der Waals surface area contributed by atoms with Crippen molar-refractivity contribution in [2.75, 3.05) is 11.9 Å². The SMILES string of the molecule is CC(CCNc1cc(Cl)ccc1F)C(=O)O. The molecule has 0 aliphatic carbocycles. The fourth-order valence-electron chi connectivity index (χ4n) is 1.18. The van der Waals surface area contributed by atoms with Crippen LogP contribution in [-0.2, 0) is 4.79 Å². The van der Waals surface area contributed by atoms with Gasteiger partial charge in [-0.2, -0.15) is 0 Å². The van der Waals surface area contributed by atoms with E-state index in [0.717, 1.165) is 0 Å². The lowest BCUT2D eigenvalue weighted by Gasteiger charge is -2.09. The number of rotatable bonds is 5. The molecule has 1 aromatic carbocycles. The van der Waals surface area contributed by atoms with Crippen molar-refractivity contribution in [1.29, 1.82) is 0 Å². The smallest absolute Gasteiger partial charge is 0.306 e. The first-order valence-electron chi connectivity index (χ1n) is 4.92. The zero-order valence-electron chi connectivity index (χ0n) is 8.84. The summed E-state index contributed by atoms with van der Waals surface area (Å²) in [7, 11) is 0. The highest BCUT2D eigenvalue weighted by atomic mass is 35.5. The lowest BCUT2D eigenvalue weighted by atomic mass is 10.1. The summed E-state index contributed by atoms with van der Waals surface area (Å²) in [5, 5.41) is 11.9. The molecule has 0 saturated heterocycles. The van der Waals surface area contributed by atoms with Crippen molar-refractivity contribution in [3.05, 3.63) is 29.0 Å². The molecule has 3 nitrogen and oxygen atoms in total. The van der Waals surface area contributed by atoms with Gasteiger partial charge in [0.05, 0.1) is 11.6 Å². The quantitative estimate of drug-likeness (QED) is 0.838. The molecule has 88 valence electrons. The number of nitrogens with one attached hydrogen (secondary N) is 1. The summed E-state index contributed by atoms with van der Waals surface area (Å²) < 4.78 is 13.2. The molecule has 1 atom stereocenters. The molecule has 1 rings (SSSR count). The van der Waals surface area contributed by atoms with Gasteiger partial charge in [-0.1, -0.05) is 18.5 Å². The first-order valence-corrected chi connectivity index (χ1v) is 5.30. The second kappa shape index (κ2) is 5.70. The molecule has 2 N–H and O–H groups in total. The zero-order valence-corrected chi connectivity index (χ0v) is 9.59. The number of anilines is 1. The van der Waals surface area contributed by atoms with E-state index in [1.807, 2.05) is 0 Å². The number of benzene rings is 1. The van der Waals surface area contributed by atoms with E-state index in [2.05, 4.69) is 5.32 Å². The van der Waals surface area contributed by atoms with Crippen LogP contribution in [0.1, 0.15) is 13.3 Å². The number of carboxylic acid groups (broad SMARTS) is 1. The topological polar surface area (TPSA) is 49.3 Å². The van der Waals surface area contributed by atoms with Gasteiger partial charge in [-0.15, -0.1) is 0 Å². The third-order valence-electron chi connectivity index (χ3n) is 2.24. The molecular weight excluding hydrogens is 233 g/mol. The van der Waals surface area contributed by atoms with Crippen molar-refractivity contribution in [1.82, 2.24) is 0 Å². The van der Waals surface area contributed by atoms with Crippen LogP contribution in [0, 0.1) is 11.7 Å². The van der Waals surface area contributed by atoms with Crippen molar-refractivity contribution in [2.24, 2.45) is 5.92 Å². The van der Waals surface area contributed by atoms with E-state index >= 15 is 0 Å². The molecule has 16 heavy (non-hydrogen) atoms. The van der Waals surface area contributed by atoms with Gasteiger partial charge in [0, 0.05) is 11.6 Å². The molecule has 0 radical (unpaired) electrons. The van der Waals surface area contributed by atoms with Crippen LogP contribution >= 0.6 is 11.6 Å². The fourth-order valence-corrected chi connectivity index (χ4v) is 1.35. The predicted octanol–water partition coefficient (Wildman–Crippen LogP) is 3.00. The van der Waals surface area contributed by atoms with Gasteiger partial charge < -0.3 is 10.4 Å². The lowest BCUT2D eigenvalue weighted by Crippen LogP contribution is -2.14. The van der Waals surface area contributed by atoms with Crippen molar-refractivity contribution in [3.8, 4) is 0 Å². The molecule has 0 aromatic heterocycles. The van der Waals surface area contributed by atoms with E-state index in [1.165, 1.54) is 18.2 Å². The third-order valence-corrected chi connectivity index (χ3v) is 2.48. The van der Waals surface area contributed by atoms with Crippen LogP contribution in [0.25, 0.3) is 0 Å². The molecule has 5 heteroatoms. The summed E-state index contributed by atoms with van der Waals surface area (Å²) in [6.45, 7) is 2.00. The second-order valence-electron chi connectivity index (χ2n) is 3.58. The van der Waals surface area contributed by atoms with E-state index in [1.54, 1.807) is 6.92 Å². The van der Waals surface area contributed by atoms with Crippen LogP contribution in [0.3, 0.4) is 0 Å².